The van der Waals surface area contributed by atoms with Crippen molar-refractivity contribution in [3.63, 3.8) is 0 Å². The second-order valence-corrected chi connectivity index (χ2v) is 12.6. The third-order valence-electron chi connectivity index (χ3n) is 9.65. The first-order valence-corrected chi connectivity index (χ1v) is 14.8. The van der Waals surface area contributed by atoms with Gasteiger partial charge in [0.1, 0.15) is 41.3 Å². The van der Waals surface area contributed by atoms with Gasteiger partial charge < -0.3 is 20.7 Å². The van der Waals surface area contributed by atoms with E-state index in [4.69, 9.17) is 15.5 Å². The molecule has 0 spiro atoms. The Hall–Kier alpha value is -3.65. The van der Waals surface area contributed by atoms with Gasteiger partial charge in [0, 0.05) is 38.3 Å². The highest BCUT2D eigenvalue weighted by molar-refractivity contribution is 5.92. The molecule has 3 aromatic rings. The number of piperazine rings is 1. The van der Waals surface area contributed by atoms with Gasteiger partial charge in [-0.1, -0.05) is 6.08 Å². The summed E-state index contributed by atoms with van der Waals surface area (Å²) in [7, 11) is 0. The fourth-order valence-corrected chi connectivity index (χ4v) is 7.67. The number of anilines is 2. The van der Waals surface area contributed by atoms with Crippen LogP contribution in [0.2, 0.25) is 0 Å². The van der Waals surface area contributed by atoms with Gasteiger partial charge >= 0.3 is 12.2 Å². The normalized spacial score (nSPS) is 28.5. The lowest BCUT2D eigenvalue weighted by atomic mass is 9.95. The fourth-order valence-electron chi connectivity index (χ4n) is 7.67. The van der Waals surface area contributed by atoms with Crippen LogP contribution >= 0.6 is 0 Å². The van der Waals surface area contributed by atoms with Gasteiger partial charge in [0.15, 0.2) is 5.82 Å². The zero-order valence-electron chi connectivity index (χ0n) is 24.2. The van der Waals surface area contributed by atoms with Gasteiger partial charge in [-0.3, -0.25) is 9.88 Å². The molecule has 4 unspecified atom stereocenters. The maximum Gasteiger partial charge on any atom is 0.418 e. The first-order valence-electron chi connectivity index (χ1n) is 14.8. The predicted octanol–water partition coefficient (Wildman–Crippen LogP) is 4.59. The standard InChI is InChI=1S/C30H33F5N8O/c1-3-28-7-5-18(41-28)13-42(14-28)26-19-11-37-25(24-21(30(33,34)35)16(2)9-20(36)38-24)22(32)23(19)39-27(40-26)44-15-29-6-4-8-43(29)12-17(31)10-29/h3,9,11,17-18,41H,1,4-8,10,12-15H2,2H3,(H2,36,38). The maximum atomic E-state index is 16.5. The predicted molar refractivity (Wildman–Crippen MR) is 155 cm³/mol. The van der Waals surface area contributed by atoms with E-state index in [0.29, 0.717) is 31.9 Å². The largest absolute Gasteiger partial charge is 0.461 e. The smallest absolute Gasteiger partial charge is 0.418 e. The van der Waals surface area contributed by atoms with Crippen molar-refractivity contribution in [3.8, 4) is 17.4 Å². The van der Waals surface area contributed by atoms with Crippen molar-refractivity contribution in [2.75, 3.05) is 43.4 Å². The molecule has 0 saturated carbocycles. The van der Waals surface area contributed by atoms with E-state index in [1.807, 2.05) is 11.0 Å². The molecule has 0 amide bonds. The average Bonchev–Trinajstić information content (AvgIpc) is 3.59. The van der Waals surface area contributed by atoms with Gasteiger partial charge in [0.2, 0.25) is 0 Å². The van der Waals surface area contributed by atoms with Crippen LogP contribution in [0, 0.1) is 12.7 Å². The van der Waals surface area contributed by atoms with Gasteiger partial charge in [0.25, 0.3) is 0 Å². The number of ether oxygens (including phenoxy) is 1. The minimum atomic E-state index is -4.84. The number of nitrogens with two attached hydrogens (primary N) is 1. The van der Waals surface area contributed by atoms with Crippen LogP contribution < -0.4 is 20.7 Å². The summed E-state index contributed by atoms with van der Waals surface area (Å²) in [5.74, 6) is -0.944. The molecule has 14 heteroatoms. The molecule has 4 aliphatic heterocycles. The van der Waals surface area contributed by atoms with Crippen molar-refractivity contribution in [1.82, 2.24) is 30.2 Å². The van der Waals surface area contributed by atoms with Crippen LogP contribution in [0.25, 0.3) is 22.3 Å². The van der Waals surface area contributed by atoms with Gasteiger partial charge in [-0.25, -0.2) is 13.8 Å². The highest BCUT2D eigenvalue weighted by Gasteiger charge is 2.50. The molecule has 0 aromatic carbocycles. The third kappa shape index (κ3) is 4.73. The van der Waals surface area contributed by atoms with Crippen LogP contribution in [-0.2, 0) is 6.18 Å². The molecule has 9 nitrogen and oxygen atoms in total. The molecule has 7 rings (SSSR count). The number of alkyl halides is 4. The lowest BCUT2D eigenvalue weighted by Crippen LogP contribution is -2.58. The van der Waals surface area contributed by atoms with Crippen molar-refractivity contribution in [1.29, 1.82) is 0 Å². The summed E-state index contributed by atoms with van der Waals surface area (Å²) < 4.78 is 79.4. The van der Waals surface area contributed by atoms with Crippen LogP contribution in [0.4, 0.5) is 33.6 Å². The summed E-state index contributed by atoms with van der Waals surface area (Å²) in [6.45, 7) is 7.48. The summed E-state index contributed by atoms with van der Waals surface area (Å²) in [6, 6.07) is 1.08. The first-order chi connectivity index (χ1) is 20.9. The molecule has 0 aliphatic carbocycles. The van der Waals surface area contributed by atoms with Crippen LogP contribution in [0.5, 0.6) is 6.01 Å². The number of nitrogen functional groups attached to an aromatic ring is 1. The van der Waals surface area contributed by atoms with E-state index >= 15 is 4.39 Å². The number of hydrogen-bond donors (Lipinski definition) is 2. The minimum absolute atomic E-state index is 0.104. The van der Waals surface area contributed by atoms with E-state index in [-0.39, 0.29) is 46.5 Å². The summed E-state index contributed by atoms with van der Waals surface area (Å²) >= 11 is 0. The minimum Gasteiger partial charge on any atom is -0.461 e. The molecule has 3 N–H and O–H groups in total. The number of halogens is 5. The SMILES string of the molecule is C=CC12CCC(CN(c3nc(OCC45CCCN4CC(F)C5)nc4c(F)c(-c5nc(N)cc(C)c5C(F)(F)F)ncc34)C1)N2. The number of pyridine rings is 2. The van der Waals surface area contributed by atoms with Crippen LogP contribution in [0.15, 0.2) is 24.9 Å². The lowest BCUT2D eigenvalue weighted by Gasteiger charge is -2.40. The quantitative estimate of drug-likeness (QED) is 0.304. The Bertz CT molecular complexity index is 1650. The third-order valence-corrected chi connectivity index (χ3v) is 9.65. The van der Waals surface area contributed by atoms with Gasteiger partial charge in [-0.05, 0) is 50.8 Å². The van der Waals surface area contributed by atoms with Crippen LogP contribution in [0.3, 0.4) is 0 Å². The number of nitrogens with one attached hydrogen (secondary N) is 1. The number of aromatic nitrogens is 4. The highest BCUT2D eigenvalue weighted by Crippen LogP contribution is 2.43. The lowest BCUT2D eigenvalue weighted by molar-refractivity contribution is -0.137. The number of rotatable bonds is 6. The Morgan fingerprint density at radius 1 is 1.20 bits per heavy atom. The molecule has 234 valence electrons. The molecular weight excluding hydrogens is 583 g/mol. The molecule has 4 saturated heterocycles. The zero-order chi connectivity index (χ0) is 31.0. The molecule has 3 aromatic heterocycles. The molecule has 0 radical (unpaired) electrons. The Morgan fingerprint density at radius 2 is 2.02 bits per heavy atom. The Morgan fingerprint density at radius 3 is 2.80 bits per heavy atom. The summed E-state index contributed by atoms with van der Waals surface area (Å²) in [5.41, 5.74) is 1.99. The van der Waals surface area contributed by atoms with E-state index in [1.165, 1.54) is 13.1 Å². The van der Waals surface area contributed by atoms with E-state index < -0.39 is 40.7 Å². The molecular formula is C30H33F5N8O. The monoisotopic (exact) mass is 616 g/mol. The molecule has 7 heterocycles. The summed E-state index contributed by atoms with van der Waals surface area (Å²) in [4.78, 5) is 21.2. The van der Waals surface area contributed by atoms with Crippen LogP contribution in [0.1, 0.15) is 43.2 Å². The molecule has 4 atom stereocenters. The molecule has 4 aliphatic rings. The van der Waals surface area contributed by atoms with E-state index in [0.717, 1.165) is 38.3 Å². The van der Waals surface area contributed by atoms with Crippen molar-refractivity contribution in [2.24, 2.45) is 0 Å². The summed E-state index contributed by atoms with van der Waals surface area (Å²) in [6.07, 6.45) is 1.08. The topological polar surface area (TPSA) is 105 Å². The number of hydrogen-bond acceptors (Lipinski definition) is 9. The fraction of sp³-hybridized carbons (Fsp3) is 0.533. The van der Waals surface area contributed by atoms with Gasteiger partial charge in [-0.2, -0.15) is 23.1 Å². The summed E-state index contributed by atoms with van der Waals surface area (Å²) in [5, 5.41) is 3.81. The van der Waals surface area contributed by atoms with Crippen molar-refractivity contribution < 1.29 is 26.7 Å². The molecule has 2 bridgehead atoms. The van der Waals surface area contributed by atoms with Gasteiger partial charge in [0.05, 0.1) is 22.0 Å². The van der Waals surface area contributed by atoms with Gasteiger partial charge in [-0.15, -0.1) is 6.58 Å². The average molecular weight is 617 g/mol. The van der Waals surface area contributed by atoms with E-state index in [2.05, 4.69) is 31.7 Å². The van der Waals surface area contributed by atoms with Crippen LogP contribution in [-0.4, -0.2) is 80.9 Å². The molecule has 44 heavy (non-hydrogen) atoms. The van der Waals surface area contributed by atoms with E-state index in [9.17, 15) is 17.6 Å². The first kappa shape index (κ1) is 29.1. The van der Waals surface area contributed by atoms with E-state index in [1.54, 1.807) is 0 Å². The second-order valence-electron chi connectivity index (χ2n) is 12.6. The molecule has 4 fully saturated rings. The van der Waals surface area contributed by atoms with Crippen molar-refractivity contribution >= 4 is 22.5 Å². The zero-order valence-corrected chi connectivity index (χ0v) is 24.2. The Kier molecular flexibility index (Phi) is 6.74. The van der Waals surface area contributed by atoms with Crippen molar-refractivity contribution in [3.05, 3.63) is 41.9 Å². The second kappa shape index (κ2) is 10.2. The number of fused-ring (bicyclic) bond motifs is 4. The Labute approximate surface area is 250 Å². The maximum absolute atomic E-state index is 16.5. The number of nitrogens with zero attached hydrogens (tertiary/aromatic N) is 6. The number of aryl methyl sites for hydroxylation is 1. The highest BCUT2D eigenvalue weighted by atomic mass is 19.4. The Balaban J connectivity index is 1.36. The van der Waals surface area contributed by atoms with Crippen molar-refractivity contribution in [2.45, 2.75) is 68.5 Å².